The van der Waals surface area contributed by atoms with Gasteiger partial charge in [0.15, 0.2) is 0 Å². The van der Waals surface area contributed by atoms with Gasteiger partial charge in [-0.3, -0.25) is 9.59 Å². The fourth-order valence-electron chi connectivity index (χ4n) is 2.49. The van der Waals surface area contributed by atoms with Crippen LogP contribution >= 0.6 is 0 Å². The van der Waals surface area contributed by atoms with Gasteiger partial charge in [0.1, 0.15) is 11.1 Å². The normalized spacial score (nSPS) is 31.3. The highest BCUT2D eigenvalue weighted by Crippen LogP contribution is 2.33. The SMILES string of the molecule is CCC1(C)C(=O)NC(C)(c2ccccc2)C(=O)N1C. The third-order valence-corrected chi connectivity index (χ3v) is 4.36. The first kappa shape index (κ1) is 13.6. The van der Waals surface area contributed by atoms with Crippen molar-refractivity contribution in [2.24, 2.45) is 0 Å². The summed E-state index contributed by atoms with van der Waals surface area (Å²) in [4.78, 5) is 26.6. The van der Waals surface area contributed by atoms with Crippen molar-refractivity contribution in [3.63, 3.8) is 0 Å². The summed E-state index contributed by atoms with van der Waals surface area (Å²) in [5.74, 6) is -0.189. The topological polar surface area (TPSA) is 49.4 Å². The molecule has 1 aromatic carbocycles. The zero-order chi connectivity index (χ0) is 14.3. The molecule has 1 heterocycles. The summed E-state index contributed by atoms with van der Waals surface area (Å²) in [7, 11) is 1.70. The molecule has 4 heteroatoms. The fraction of sp³-hybridized carbons (Fsp3) is 0.467. The van der Waals surface area contributed by atoms with E-state index in [9.17, 15) is 9.59 Å². The second-order valence-corrected chi connectivity index (χ2v) is 5.44. The summed E-state index contributed by atoms with van der Waals surface area (Å²) < 4.78 is 0. The van der Waals surface area contributed by atoms with Crippen molar-refractivity contribution in [3.05, 3.63) is 35.9 Å². The third-order valence-electron chi connectivity index (χ3n) is 4.36. The summed E-state index contributed by atoms with van der Waals surface area (Å²) in [6.45, 7) is 5.47. The molecule has 1 N–H and O–H groups in total. The second kappa shape index (κ2) is 4.37. The van der Waals surface area contributed by atoms with Gasteiger partial charge in [-0.2, -0.15) is 0 Å². The highest BCUT2D eigenvalue weighted by atomic mass is 16.2. The average Bonchev–Trinajstić information content (AvgIpc) is 2.44. The Hall–Kier alpha value is -1.84. The van der Waals surface area contributed by atoms with E-state index in [2.05, 4.69) is 5.32 Å². The van der Waals surface area contributed by atoms with Crippen LogP contribution in [0.3, 0.4) is 0 Å². The van der Waals surface area contributed by atoms with E-state index in [0.29, 0.717) is 6.42 Å². The van der Waals surface area contributed by atoms with Crippen LogP contribution in [0, 0.1) is 0 Å². The molecule has 1 aliphatic heterocycles. The number of rotatable bonds is 2. The van der Waals surface area contributed by atoms with Gasteiger partial charge >= 0.3 is 0 Å². The van der Waals surface area contributed by atoms with Crippen LogP contribution in [-0.4, -0.2) is 29.3 Å². The van der Waals surface area contributed by atoms with Gasteiger partial charge < -0.3 is 10.2 Å². The van der Waals surface area contributed by atoms with Crippen molar-refractivity contribution in [2.45, 2.75) is 38.3 Å². The second-order valence-electron chi connectivity index (χ2n) is 5.44. The van der Waals surface area contributed by atoms with Crippen LogP contribution in [0.5, 0.6) is 0 Å². The van der Waals surface area contributed by atoms with Gasteiger partial charge in [-0.1, -0.05) is 37.3 Å². The maximum Gasteiger partial charge on any atom is 0.253 e. The summed E-state index contributed by atoms with van der Waals surface area (Å²) >= 11 is 0. The molecule has 0 aromatic heterocycles. The Kier molecular flexibility index (Phi) is 3.12. The lowest BCUT2D eigenvalue weighted by Gasteiger charge is -2.48. The molecule has 2 amide bonds. The number of benzene rings is 1. The number of carbonyl (C=O) groups excluding carboxylic acids is 2. The molecule has 19 heavy (non-hydrogen) atoms. The van der Waals surface area contributed by atoms with E-state index in [4.69, 9.17) is 0 Å². The van der Waals surface area contributed by atoms with Crippen molar-refractivity contribution < 1.29 is 9.59 Å². The molecular weight excluding hydrogens is 240 g/mol. The van der Waals surface area contributed by atoms with Crippen LogP contribution < -0.4 is 5.32 Å². The van der Waals surface area contributed by atoms with Crippen LogP contribution in [0.2, 0.25) is 0 Å². The number of piperazine rings is 1. The van der Waals surface area contributed by atoms with Gasteiger partial charge in [0.05, 0.1) is 0 Å². The highest BCUT2D eigenvalue weighted by molar-refractivity contribution is 6.02. The molecule has 0 radical (unpaired) electrons. The molecule has 0 saturated carbocycles. The largest absolute Gasteiger partial charge is 0.336 e. The fourth-order valence-corrected chi connectivity index (χ4v) is 2.49. The Labute approximate surface area is 113 Å². The Morgan fingerprint density at radius 3 is 2.26 bits per heavy atom. The van der Waals surface area contributed by atoms with Gasteiger partial charge in [-0.05, 0) is 25.8 Å². The van der Waals surface area contributed by atoms with Gasteiger partial charge in [-0.25, -0.2) is 0 Å². The maximum atomic E-state index is 12.7. The molecule has 1 fully saturated rings. The lowest BCUT2D eigenvalue weighted by atomic mass is 9.82. The Morgan fingerprint density at radius 2 is 1.74 bits per heavy atom. The number of hydrogen-bond acceptors (Lipinski definition) is 2. The zero-order valence-electron chi connectivity index (χ0n) is 11.9. The quantitative estimate of drug-likeness (QED) is 0.879. The first-order chi connectivity index (χ1) is 8.86. The maximum absolute atomic E-state index is 12.7. The highest BCUT2D eigenvalue weighted by Gasteiger charge is 2.52. The van der Waals surface area contributed by atoms with Crippen LogP contribution in [0.1, 0.15) is 32.8 Å². The van der Waals surface area contributed by atoms with Gasteiger partial charge in [0.25, 0.3) is 5.91 Å². The smallest absolute Gasteiger partial charge is 0.253 e. The minimum Gasteiger partial charge on any atom is -0.336 e. The van der Waals surface area contributed by atoms with E-state index in [1.165, 1.54) is 0 Å². The third kappa shape index (κ3) is 1.82. The van der Waals surface area contributed by atoms with Crippen molar-refractivity contribution in [3.8, 4) is 0 Å². The monoisotopic (exact) mass is 260 g/mol. The molecule has 0 spiro atoms. The molecule has 0 aliphatic carbocycles. The molecular formula is C15H20N2O2. The molecule has 4 nitrogen and oxygen atoms in total. The van der Waals surface area contributed by atoms with E-state index in [0.717, 1.165) is 5.56 Å². The van der Waals surface area contributed by atoms with Crippen LogP contribution in [0.4, 0.5) is 0 Å². The number of carbonyl (C=O) groups is 2. The number of nitrogens with one attached hydrogen (secondary N) is 1. The summed E-state index contributed by atoms with van der Waals surface area (Å²) in [6.07, 6.45) is 0.589. The molecule has 0 bridgehead atoms. The average molecular weight is 260 g/mol. The Morgan fingerprint density at radius 1 is 1.16 bits per heavy atom. The number of amides is 2. The summed E-state index contributed by atoms with van der Waals surface area (Å²) in [5, 5.41) is 2.90. The molecule has 102 valence electrons. The van der Waals surface area contributed by atoms with E-state index in [1.54, 1.807) is 25.8 Å². The number of likely N-dealkylation sites (N-methyl/N-ethyl adjacent to an activating group) is 1. The Bertz CT molecular complexity index is 514. The van der Waals surface area contributed by atoms with Crippen molar-refractivity contribution in [2.75, 3.05) is 7.05 Å². The van der Waals surface area contributed by atoms with Gasteiger partial charge in [0.2, 0.25) is 5.91 Å². The molecule has 1 saturated heterocycles. The standard InChI is InChI=1S/C15H20N2O2/c1-5-14(2)12(18)16-15(3,13(19)17(14)4)11-9-7-6-8-10-11/h6-10H,5H2,1-4H3,(H,16,18). The lowest BCUT2D eigenvalue weighted by molar-refractivity contribution is -0.160. The molecule has 1 aromatic rings. The van der Waals surface area contributed by atoms with E-state index in [1.807, 2.05) is 37.3 Å². The predicted molar refractivity (Wildman–Crippen MR) is 73.4 cm³/mol. The predicted octanol–water partition coefficient (Wildman–Crippen LogP) is 1.66. The summed E-state index contributed by atoms with van der Waals surface area (Å²) in [6, 6.07) is 9.35. The first-order valence-corrected chi connectivity index (χ1v) is 6.52. The van der Waals surface area contributed by atoms with E-state index in [-0.39, 0.29) is 11.8 Å². The van der Waals surface area contributed by atoms with E-state index >= 15 is 0 Å². The lowest BCUT2D eigenvalue weighted by Crippen LogP contribution is -2.71. The summed E-state index contributed by atoms with van der Waals surface area (Å²) in [5.41, 5.74) is -0.953. The molecule has 2 rings (SSSR count). The van der Waals surface area contributed by atoms with E-state index < -0.39 is 11.1 Å². The molecule has 2 unspecified atom stereocenters. The number of nitrogens with zero attached hydrogens (tertiary/aromatic N) is 1. The minimum atomic E-state index is -0.984. The minimum absolute atomic E-state index is 0.0809. The van der Waals surface area contributed by atoms with Crippen LogP contribution in [-0.2, 0) is 15.1 Å². The van der Waals surface area contributed by atoms with Crippen LogP contribution in [0.15, 0.2) is 30.3 Å². The van der Waals surface area contributed by atoms with Crippen molar-refractivity contribution in [1.82, 2.24) is 10.2 Å². The zero-order valence-corrected chi connectivity index (χ0v) is 11.9. The molecule has 1 aliphatic rings. The van der Waals surface area contributed by atoms with Crippen molar-refractivity contribution in [1.29, 1.82) is 0 Å². The molecule has 2 atom stereocenters. The number of hydrogen-bond donors (Lipinski definition) is 1. The van der Waals surface area contributed by atoms with Gasteiger partial charge in [0, 0.05) is 7.05 Å². The van der Waals surface area contributed by atoms with Crippen molar-refractivity contribution >= 4 is 11.8 Å². The van der Waals surface area contributed by atoms with Crippen LogP contribution in [0.25, 0.3) is 0 Å². The Balaban J connectivity index is 2.47. The van der Waals surface area contributed by atoms with Gasteiger partial charge in [-0.15, -0.1) is 0 Å². The first-order valence-electron chi connectivity index (χ1n) is 6.52.